The maximum absolute atomic E-state index is 13.5. The highest BCUT2D eigenvalue weighted by atomic mass is 19.1. The SMILES string of the molecule is C[C@H](Nc1ccc2ncc(-c3cc(F)c[nH]c3=O)n2n1)c1ncc(F)cn1. The summed E-state index contributed by atoms with van der Waals surface area (Å²) in [5.41, 5.74) is 0.499. The van der Waals surface area contributed by atoms with Gasteiger partial charge in [-0.15, -0.1) is 5.10 Å². The molecule has 2 N–H and O–H groups in total. The maximum Gasteiger partial charge on any atom is 0.257 e. The number of H-pyrrole nitrogens is 1. The van der Waals surface area contributed by atoms with E-state index >= 15 is 0 Å². The average molecular weight is 369 g/mol. The van der Waals surface area contributed by atoms with Crippen LogP contribution in [0.5, 0.6) is 0 Å². The van der Waals surface area contributed by atoms with Crippen LogP contribution in [0, 0.1) is 11.6 Å². The minimum absolute atomic E-state index is 0.113. The fourth-order valence-electron chi connectivity index (χ4n) is 2.61. The number of imidazole rings is 1. The van der Waals surface area contributed by atoms with Gasteiger partial charge in [-0.25, -0.2) is 28.2 Å². The third kappa shape index (κ3) is 3.24. The molecule has 0 unspecified atom stereocenters. The second-order valence-corrected chi connectivity index (χ2v) is 5.82. The van der Waals surface area contributed by atoms with E-state index in [1.165, 1.54) is 10.7 Å². The molecule has 8 nitrogen and oxygen atoms in total. The van der Waals surface area contributed by atoms with E-state index in [0.717, 1.165) is 24.7 Å². The Labute approximate surface area is 151 Å². The van der Waals surface area contributed by atoms with Gasteiger partial charge < -0.3 is 10.3 Å². The summed E-state index contributed by atoms with van der Waals surface area (Å²) in [6.07, 6.45) is 4.60. The predicted molar refractivity (Wildman–Crippen MR) is 93.0 cm³/mol. The van der Waals surface area contributed by atoms with Crippen LogP contribution in [-0.2, 0) is 0 Å². The summed E-state index contributed by atoms with van der Waals surface area (Å²) < 4.78 is 27.9. The summed E-state index contributed by atoms with van der Waals surface area (Å²) in [5, 5.41) is 7.50. The van der Waals surface area contributed by atoms with Gasteiger partial charge in [-0.05, 0) is 25.1 Å². The van der Waals surface area contributed by atoms with Gasteiger partial charge in [0.05, 0.1) is 35.9 Å². The molecule has 4 rings (SSSR count). The molecule has 0 aromatic carbocycles. The van der Waals surface area contributed by atoms with Crippen molar-refractivity contribution >= 4 is 11.5 Å². The summed E-state index contributed by atoms with van der Waals surface area (Å²) in [6, 6.07) is 4.17. The van der Waals surface area contributed by atoms with Crippen molar-refractivity contribution in [2.75, 3.05) is 5.32 Å². The lowest BCUT2D eigenvalue weighted by atomic mass is 10.2. The monoisotopic (exact) mass is 369 g/mol. The molecule has 0 fully saturated rings. The molecule has 1 atom stereocenters. The van der Waals surface area contributed by atoms with Crippen molar-refractivity contribution < 1.29 is 8.78 Å². The molecular weight excluding hydrogens is 356 g/mol. The van der Waals surface area contributed by atoms with E-state index in [-0.39, 0.29) is 11.6 Å². The molecule has 136 valence electrons. The van der Waals surface area contributed by atoms with E-state index in [4.69, 9.17) is 0 Å². The van der Waals surface area contributed by atoms with Crippen LogP contribution in [0.25, 0.3) is 16.9 Å². The molecule has 0 aliphatic carbocycles. The molecule has 4 aromatic heterocycles. The molecule has 27 heavy (non-hydrogen) atoms. The van der Waals surface area contributed by atoms with Gasteiger partial charge in [0.25, 0.3) is 5.56 Å². The highest BCUT2D eigenvalue weighted by Gasteiger charge is 2.14. The normalized spacial score (nSPS) is 12.3. The fourth-order valence-corrected chi connectivity index (χ4v) is 2.61. The lowest BCUT2D eigenvalue weighted by molar-refractivity contribution is 0.604. The highest BCUT2D eigenvalue weighted by Crippen LogP contribution is 2.20. The summed E-state index contributed by atoms with van der Waals surface area (Å²) >= 11 is 0. The second kappa shape index (κ2) is 6.56. The minimum Gasteiger partial charge on any atom is -0.359 e. The molecule has 4 aromatic rings. The van der Waals surface area contributed by atoms with Crippen LogP contribution in [0.3, 0.4) is 0 Å². The number of halogens is 2. The quantitative estimate of drug-likeness (QED) is 0.573. The van der Waals surface area contributed by atoms with Gasteiger partial charge in [-0.3, -0.25) is 4.79 Å². The Bertz CT molecular complexity index is 1170. The molecule has 0 aliphatic heterocycles. The lowest BCUT2D eigenvalue weighted by Crippen LogP contribution is -2.13. The van der Waals surface area contributed by atoms with Gasteiger partial charge in [-0.1, -0.05) is 0 Å². The molecule has 0 spiro atoms. The Morgan fingerprint density at radius 3 is 2.67 bits per heavy atom. The number of fused-ring (bicyclic) bond motifs is 1. The van der Waals surface area contributed by atoms with E-state index in [1.54, 1.807) is 19.1 Å². The van der Waals surface area contributed by atoms with Gasteiger partial charge in [-0.2, -0.15) is 0 Å². The van der Waals surface area contributed by atoms with Crippen molar-refractivity contribution in [3.05, 3.63) is 70.8 Å². The van der Waals surface area contributed by atoms with Crippen molar-refractivity contribution in [2.45, 2.75) is 13.0 Å². The number of nitrogens with zero attached hydrogens (tertiary/aromatic N) is 5. The third-order valence-electron chi connectivity index (χ3n) is 3.90. The Morgan fingerprint density at radius 1 is 1.11 bits per heavy atom. The number of nitrogens with one attached hydrogen (secondary N) is 2. The van der Waals surface area contributed by atoms with Crippen LogP contribution in [0.1, 0.15) is 18.8 Å². The molecule has 0 aliphatic rings. The van der Waals surface area contributed by atoms with Gasteiger partial charge in [0.1, 0.15) is 17.5 Å². The van der Waals surface area contributed by atoms with E-state index in [2.05, 4.69) is 30.4 Å². The Morgan fingerprint density at radius 2 is 1.89 bits per heavy atom. The molecule has 0 saturated carbocycles. The number of aromatic nitrogens is 6. The van der Waals surface area contributed by atoms with Gasteiger partial charge in [0.15, 0.2) is 11.5 Å². The van der Waals surface area contributed by atoms with E-state index in [1.807, 2.05) is 0 Å². The number of hydrogen-bond donors (Lipinski definition) is 2. The Kier molecular flexibility index (Phi) is 4.07. The Hall–Kier alpha value is -3.69. The van der Waals surface area contributed by atoms with Gasteiger partial charge in [0.2, 0.25) is 0 Å². The van der Waals surface area contributed by atoms with Crippen LogP contribution >= 0.6 is 0 Å². The zero-order valence-corrected chi connectivity index (χ0v) is 14.0. The molecule has 4 heterocycles. The average Bonchev–Trinajstić information content (AvgIpc) is 3.07. The van der Waals surface area contributed by atoms with E-state index < -0.39 is 17.2 Å². The van der Waals surface area contributed by atoms with E-state index in [0.29, 0.717) is 23.0 Å². The van der Waals surface area contributed by atoms with E-state index in [9.17, 15) is 13.6 Å². The van der Waals surface area contributed by atoms with Crippen molar-refractivity contribution in [3.63, 3.8) is 0 Å². The summed E-state index contributed by atoms with van der Waals surface area (Å²) in [7, 11) is 0. The molecule has 0 bridgehead atoms. The molecule has 0 radical (unpaired) electrons. The first-order valence-corrected chi connectivity index (χ1v) is 7.98. The number of anilines is 1. The molecular formula is C17H13F2N7O. The fraction of sp³-hybridized carbons (Fsp3) is 0.118. The van der Waals surface area contributed by atoms with Crippen LogP contribution in [0.4, 0.5) is 14.6 Å². The lowest BCUT2D eigenvalue weighted by Gasteiger charge is -2.13. The molecule has 0 saturated heterocycles. The first-order valence-electron chi connectivity index (χ1n) is 7.98. The number of aromatic amines is 1. The van der Waals surface area contributed by atoms with Gasteiger partial charge >= 0.3 is 0 Å². The van der Waals surface area contributed by atoms with Crippen LogP contribution in [0.2, 0.25) is 0 Å². The van der Waals surface area contributed by atoms with Crippen molar-refractivity contribution in [2.24, 2.45) is 0 Å². The van der Waals surface area contributed by atoms with Crippen LogP contribution in [0.15, 0.2) is 47.8 Å². The largest absolute Gasteiger partial charge is 0.359 e. The topological polar surface area (TPSA) is 101 Å². The summed E-state index contributed by atoms with van der Waals surface area (Å²) in [5.74, 6) is -0.245. The molecule has 10 heteroatoms. The standard InChI is InChI=1S/C17H13F2N7O/c1-9(16-21-6-11(19)7-22-16)24-14-2-3-15-20-8-13(26(15)25-14)12-4-10(18)5-23-17(12)27/h2-9H,1H3,(H,23,27)(H,24,25)/t9-/m0/s1. The van der Waals surface area contributed by atoms with Crippen molar-refractivity contribution in [1.29, 1.82) is 0 Å². The zero-order chi connectivity index (χ0) is 19.0. The smallest absolute Gasteiger partial charge is 0.257 e. The molecule has 0 amide bonds. The maximum atomic E-state index is 13.5. The highest BCUT2D eigenvalue weighted by molar-refractivity contribution is 5.62. The Balaban J connectivity index is 1.70. The van der Waals surface area contributed by atoms with Gasteiger partial charge in [0, 0.05) is 6.20 Å². The van der Waals surface area contributed by atoms with Crippen molar-refractivity contribution in [3.8, 4) is 11.3 Å². The second-order valence-electron chi connectivity index (χ2n) is 5.82. The van der Waals surface area contributed by atoms with Crippen LogP contribution < -0.4 is 10.9 Å². The number of rotatable bonds is 4. The summed E-state index contributed by atoms with van der Waals surface area (Å²) in [6.45, 7) is 1.80. The third-order valence-corrected chi connectivity index (χ3v) is 3.90. The van der Waals surface area contributed by atoms with Crippen molar-refractivity contribution in [1.82, 2.24) is 29.5 Å². The first kappa shape index (κ1) is 16.8. The summed E-state index contributed by atoms with van der Waals surface area (Å²) in [4.78, 5) is 26.4. The zero-order valence-electron chi connectivity index (χ0n) is 14.0. The number of pyridine rings is 1. The predicted octanol–water partition coefficient (Wildman–Crippen LogP) is 2.33. The minimum atomic E-state index is -0.573. The first-order chi connectivity index (χ1) is 13.0. The number of hydrogen-bond acceptors (Lipinski definition) is 6. The van der Waals surface area contributed by atoms with Crippen LogP contribution in [-0.4, -0.2) is 29.5 Å².